The number of hydrogen-bond donors (Lipinski definition) is 1. The fourth-order valence-electron chi connectivity index (χ4n) is 3.41. The van der Waals surface area contributed by atoms with Crippen molar-refractivity contribution in [2.24, 2.45) is 0 Å². The third-order valence-electron chi connectivity index (χ3n) is 4.88. The Balaban J connectivity index is 1.45. The van der Waals surface area contributed by atoms with E-state index in [1.165, 1.54) is 0 Å². The van der Waals surface area contributed by atoms with Crippen LogP contribution < -0.4 is 10.5 Å². The van der Waals surface area contributed by atoms with Crippen molar-refractivity contribution in [1.82, 2.24) is 4.98 Å². The molecule has 29 heavy (non-hydrogen) atoms. The summed E-state index contributed by atoms with van der Waals surface area (Å²) in [6, 6.07) is 14.7. The fraction of sp³-hybridized carbons (Fsp3) is 0.182. The van der Waals surface area contributed by atoms with Crippen LogP contribution in [0.2, 0.25) is 0 Å². The van der Waals surface area contributed by atoms with E-state index in [9.17, 15) is 19.2 Å². The summed E-state index contributed by atoms with van der Waals surface area (Å²) in [6.07, 6.45) is 1.36. The molecule has 0 unspecified atom stereocenters. The van der Waals surface area contributed by atoms with Gasteiger partial charge in [-0.3, -0.25) is 14.4 Å². The van der Waals surface area contributed by atoms with Gasteiger partial charge in [-0.05, 0) is 36.8 Å². The summed E-state index contributed by atoms with van der Waals surface area (Å²) < 4.78 is 5.15. The minimum absolute atomic E-state index is 0.0723. The van der Waals surface area contributed by atoms with Crippen LogP contribution in [-0.4, -0.2) is 35.8 Å². The SMILES string of the molecule is O=C(COC(=O)c1cc(=O)[nH]c2ccccc12)c1ccc(N2CCCC2=O)cc1. The molecule has 7 nitrogen and oxygen atoms in total. The average molecular weight is 390 g/mol. The summed E-state index contributed by atoms with van der Waals surface area (Å²) in [5.74, 6) is -1.03. The molecule has 0 bridgehead atoms. The molecular weight excluding hydrogens is 372 g/mol. The quantitative estimate of drug-likeness (QED) is 0.534. The monoisotopic (exact) mass is 390 g/mol. The van der Waals surface area contributed by atoms with Gasteiger partial charge in [-0.25, -0.2) is 4.79 Å². The van der Waals surface area contributed by atoms with E-state index in [0.717, 1.165) is 18.2 Å². The summed E-state index contributed by atoms with van der Waals surface area (Å²) in [6.45, 7) is 0.232. The van der Waals surface area contributed by atoms with Crippen molar-refractivity contribution in [2.75, 3.05) is 18.1 Å². The molecule has 0 aliphatic carbocycles. The zero-order valence-corrected chi connectivity index (χ0v) is 15.5. The van der Waals surface area contributed by atoms with Crippen molar-refractivity contribution in [1.29, 1.82) is 0 Å². The first-order valence-corrected chi connectivity index (χ1v) is 9.26. The van der Waals surface area contributed by atoms with Gasteiger partial charge in [-0.15, -0.1) is 0 Å². The average Bonchev–Trinajstić information content (AvgIpc) is 3.17. The highest BCUT2D eigenvalue weighted by Crippen LogP contribution is 2.22. The minimum atomic E-state index is -0.736. The lowest BCUT2D eigenvalue weighted by Crippen LogP contribution is -2.23. The highest BCUT2D eigenvalue weighted by Gasteiger charge is 2.22. The van der Waals surface area contributed by atoms with Crippen molar-refractivity contribution >= 4 is 34.3 Å². The van der Waals surface area contributed by atoms with Crippen LogP contribution >= 0.6 is 0 Å². The van der Waals surface area contributed by atoms with E-state index in [4.69, 9.17) is 4.74 Å². The zero-order valence-electron chi connectivity index (χ0n) is 15.5. The number of aromatic amines is 1. The number of fused-ring (bicyclic) bond motifs is 1. The fourth-order valence-corrected chi connectivity index (χ4v) is 3.41. The molecule has 0 atom stereocenters. The molecule has 1 aliphatic heterocycles. The predicted molar refractivity (Wildman–Crippen MR) is 107 cm³/mol. The molecule has 1 fully saturated rings. The summed E-state index contributed by atoms with van der Waals surface area (Å²) in [7, 11) is 0. The number of anilines is 1. The molecule has 1 N–H and O–H groups in total. The third-order valence-corrected chi connectivity index (χ3v) is 4.88. The van der Waals surface area contributed by atoms with Gasteiger partial charge in [0.25, 0.3) is 0 Å². The Morgan fingerprint density at radius 3 is 2.52 bits per heavy atom. The number of esters is 1. The summed E-state index contributed by atoms with van der Waals surface area (Å²) in [5.41, 5.74) is 1.33. The first-order valence-electron chi connectivity index (χ1n) is 9.26. The number of nitrogens with one attached hydrogen (secondary N) is 1. The largest absolute Gasteiger partial charge is 0.454 e. The Morgan fingerprint density at radius 1 is 1.03 bits per heavy atom. The number of nitrogens with zero attached hydrogens (tertiary/aromatic N) is 1. The van der Waals surface area contributed by atoms with Gasteiger partial charge in [-0.1, -0.05) is 18.2 Å². The molecule has 2 heterocycles. The lowest BCUT2D eigenvalue weighted by atomic mass is 10.1. The highest BCUT2D eigenvalue weighted by molar-refractivity contribution is 6.05. The second kappa shape index (κ2) is 7.71. The molecule has 7 heteroatoms. The van der Waals surface area contributed by atoms with Crippen LogP contribution in [0.5, 0.6) is 0 Å². The Morgan fingerprint density at radius 2 is 1.79 bits per heavy atom. The normalized spacial score (nSPS) is 13.7. The van der Waals surface area contributed by atoms with Gasteiger partial charge in [0.2, 0.25) is 11.5 Å². The molecule has 1 amide bonds. The Labute approximate surface area is 165 Å². The van der Waals surface area contributed by atoms with Gasteiger partial charge in [0, 0.05) is 41.2 Å². The summed E-state index contributed by atoms with van der Waals surface area (Å²) in [5, 5.41) is 0.546. The number of Topliss-reactive ketones (excluding diaryl/α,β-unsaturated/α-hetero) is 1. The number of benzene rings is 2. The number of ether oxygens (including phenoxy) is 1. The molecular formula is C22H18N2O5. The maximum absolute atomic E-state index is 12.4. The molecule has 0 saturated carbocycles. The Bertz CT molecular complexity index is 1160. The van der Waals surface area contributed by atoms with E-state index in [-0.39, 0.29) is 17.3 Å². The van der Waals surface area contributed by atoms with Crippen molar-refractivity contribution in [2.45, 2.75) is 12.8 Å². The van der Waals surface area contributed by atoms with E-state index in [2.05, 4.69) is 4.98 Å². The van der Waals surface area contributed by atoms with Gasteiger partial charge in [0.15, 0.2) is 12.4 Å². The molecule has 4 rings (SSSR count). The van der Waals surface area contributed by atoms with E-state index < -0.39 is 18.1 Å². The number of aromatic nitrogens is 1. The molecule has 0 spiro atoms. The molecule has 2 aromatic carbocycles. The summed E-state index contributed by atoms with van der Waals surface area (Å²) in [4.78, 5) is 52.7. The van der Waals surface area contributed by atoms with Crippen LogP contribution in [0, 0.1) is 0 Å². The molecule has 0 radical (unpaired) electrons. The number of rotatable bonds is 5. The van der Waals surface area contributed by atoms with Gasteiger partial charge >= 0.3 is 5.97 Å². The van der Waals surface area contributed by atoms with Gasteiger partial charge in [0.1, 0.15) is 0 Å². The lowest BCUT2D eigenvalue weighted by molar-refractivity contribution is -0.117. The maximum Gasteiger partial charge on any atom is 0.339 e. The second-order valence-corrected chi connectivity index (χ2v) is 6.79. The molecule has 1 aliphatic rings. The Kier molecular flexibility index (Phi) is 4.95. The van der Waals surface area contributed by atoms with E-state index >= 15 is 0 Å². The predicted octanol–water partition coefficient (Wildman–Crippen LogP) is 2.69. The molecule has 3 aromatic rings. The minimum Gasteiger partial charge on any atom is -0.454 e. The van der Waals surface area contributed by atoms with Crippen molar-refractivity contribution in [3.05, 3.63) is 76.1 Å². The first-order chi connectivity index (χ1) is 14.0. The number of hydrogen-bond acceptors (Lipinski definition) is 5. The topological polar surface area (TPSA) is 96.5 Å². The van der Waals surface area contributed by atoms with Gasteiger partial charge < -0.3 is 14.6 Å². The number of carbonyl (C=O) groups excluding carboxylic acids is 3. The summed E-state index contributed by atoms with van der Waals surface area (Å²) >= 11 is 0. The van der Waals surface area contributed by atoms with Crippen LogP contribution in [0.4, 0.5) is 5.69 Å². The van der Waals surface area contributed by atoms with Crippen LogP contribution in [0.1, 0.15) is 33.6 Å². The maximum atomic E-state index is 12.4. The van der Waals surface area contributed by atoms with E-state index in [1.807, 2.05) is 0 Å². The number of para-hydroxylation sites is 1. The number of ketones is 1. The number of carbonyl (C=O) groups is 3. The third kappa shape index (κ3) is 3.80. The molecule has 1 aromatic heterocycles. The van der Waals surface area contributed by atoms with Crippen LogP contribution in [0.3, 0.4) is 0 Å². The van der Waals surface area contributed by atoms with Crippen LogP contribution in [-0.2, 0) is 9.53 Å². The number of pyridine rings is 1. The van der Waals surface area contributed by atoms with E-state index in [0.29, 0.717) is 29.4 Å². The Hall–Kier alpha value is -3.74. The standard InChI is InChI=1S/C22H18N2O5/c25-19(14-7-9-15(10-8-14)24-11-3-6-21(24)27)13-29-22(28)17-12-20(26)23-18-5-2-1-4-16(17)18/h1-2,4-5,7-10,12H,3,6,11,13H2,(H,23,26). The smallest absolute Gasteiger partial charge is 0.339 e. The molecule has 146 valence electrons. The second-order valence-electron chi connectivity index (χ2n) is 6.79. The highest BCUT2D eigenvalue weighted by atomic mass is 16.5. The van der Waals surface area contributed by atoms with E-state index in [1.54, 1.807) is 53.4 Å². The van der Waals surface area contributed by atoms with Gasteiger partial charge in [-0.2, -0.15) is 0 Å². The number of H-pyrrole nitrogens is 1. The van der Waals surface area contributed by atoms with Gasteiger partial charge in [0.05, 0.1) is 5.56 Å². The van der Waals surface area contributed by atoms with Crippen molar-refractivity contribution < 1.29 is 19.1 Å². The van der Waals surface area contributed by atoms with Crippen LogP contribution in [0.15, 0.2) is 59.4 Å². The molecule has 1 saturated heterocycles. The first kappa shape index (κ1) is 18.6. The zero-order chi connectivity index (χ0) is 20.4. The van der Waals surface area contributed by atoms with Crippen molar-refractivity contribution in [3.8, 4) is 0 Å². The van der Waals surface area contributed by atoms with Crippen LogP contribution in [0.25, 0.3) is 10.9 Å². The van der Waals surface area contributed by atoms with Crippen molar-refractivity contribution in [3.63, 3.8) is 0 Å². The lowest BCUT2D eigenvalue weighted by Gasteiger charge is -2.15. The number of amides is 1.